The fourth-order valence-corrected chi connectivity index (χ4v) is 3.73. The van der Waals surface area contributed by atoms with Crippen molar-refractivity contribution in [2.45, 2.75) is 43.6 Å². The highest BCUT2D eigenvalue weighted by molar-refractivity contribution is 5.91. The van der Waals surface area contributed by atoms with E-state index >= 15 is 0 Å². The number of benzene rings is 1. The van der Waals surface area contributed by atoms with Crippen LogP contribution in [0.3, 0.4) is 0 Å². The van der Waals surface area contributed by atoms with Crippen molar-refractivity contribution in [2.24, 2.45) is 0 Å². The first-order chi connectivity index (χ1) is 11.7. The molecule has 3 rings (SSSR count). The molecule has 2 N–H and O–H groups in total. The SMILES string of the molecule is COc1ccc(C2(C(=O)NCCN3CCCCC3CO)CC2)cc1. The summed E-state index contributed by atoms with van der Waals surface area (Å²) in [5.74, 6) is 0.945. The first-order valence-electron chi connectivity index (χ1n) is 8.97. The Labute approximate surface area is 144 Å². The number of carbonyl (C=O) groups is 1. The average molecular weight is 332 g/mol. The van der Waals surface area contributed by atoms with Crippen LogP contribution in [0.1, 0.15) is 37.7 Å². The molecule has 5 heteroatoms. The van der Waals surface area contributed by atoms with E-state index in [1.807, 2.05) is 24.3 Å². The molecular formula is C19H28N2O3. The summed E-state index contributed by atoms with van der Waals surface area (Å²) in [4.78, 5) is 15.0. The monoisotopic (exact) mass is 332 g/mol. The van der Waals surface area contributed by atoms with E-state index in [2.05, 4.69) is 10.2 Å². The Kier molecular flexibility index (Phi) is 5.41. The largest absolute Gasteiger partial charge is 0.497 e. The molecule has 24 heavy (non-hydrogen) atoms. The predicted molar refractivity (Wildman–Crippen MR) is 93.2 cm³/mol. The van der Waals surface area contributed by atoms with Gasteiger partial charge < -0.3 is 15.2 Å². The number of methoxy groups -OCH3 is 1. The number of aliphatic hydroxyl groups excluding tert-OH is 1. The quantitative estimate of drug-likeness (QED) is 0.798. The van der Waals surface area contributed by atoms with Gasteiger partial charge in [0.1, 0.15) is 5.75 Å². The number of ether oxygens (including phenoxy) is 1. The highest BCUT2D eigenvalue weighted by atomic mass is 16.5. The van der Waals surface area contributed by atoms with Crippen LogP contribution in [0.4, 0.5) is 0 Å². The van der Waals surface area contributed by atoms with Crippen LogP contribution < -0.4 is 10.1 Å². The Balaban J connectivity index is 1.52. The molecule has 0 radical (unpaired) electrons. The number of hydrogen-bond donors (Lipinski definition) is 2. The molecule has 1 heterocycles. The zero-order valence-electron chi connectivity index (χ0n) is 14.5. The van der Waals surface area contributed by atoms with Gasteiger partial charge in [-0.3, -0.25) is 9.69 Å². The summed E-state index contributed by atoms with van der Waals surface area (Å²) in [6.45, 7) is 2.69. The van der Waals surface area contributed by atoms with Gasteiger partial charge in [-0.1, -0.05) is 18.6 Å². The van der Waals surface area contributed by atoms with Crippen molar-refractivity contribution in [2.75, 3.05) is 33.4 Å². The molecule has 1 amide bonds. The minimum Gasteiger partial charge on any atom is -0.497 e. The molecule has 132 valence electrons. The number of carbonyl (C=O) groups excluding carboxylic acids is 1. The van der Waals surface area contributed by atoms with Gasteiger partial charge in [-0.25, -0.2) is 0 Å². The fraction of sp³-hybridized carbons (Fsp3) is 0.632. The zero-order valence-corrected chi connectivity index (χ0v) is 14.5. The van der Waals surface area contributed by atoms with Crippen LogP contribution in [0.2, 0.25) is 0 Å². The van der Waals surface area contributed by atoms with Gasteiger partial charge in [0, 0.05) is 19.1 Å². The van der Waals surface area contributed by atoms with Gasteiger partial charge in [-0.2, -0.15) is 0 Å². The van der Waals surface area contributed by atoms with E-state index in [-0.39, 0.29) is 24.0 Å². The lowest BCUT2D eigenvalue weighted by Gasteiger charge is -2.34. The van der Waals surface area contributed by atoms with Gasteiger partial charge in [-0.15, -0.1) is 0 Å². The second-order valence-corrected chi connectivity index (χ2v) is 6.93. The van der Waals surface area contributed by atoms with Crippen LogP contribution in [-0.4, -0.2) is 55.3 Å². The molecule has 2 fully saturated rings. The smallest absolute Gasteiger partial charge is 0.230 e. The van der Waals surface area contributed by atoms with E-state index < -0.39 is 0 Å². The molecular weight excluding hydrogens is 304 g/mol. The Morgan fingerprint density at radius 2 is 2.08 bits per heavy atom. The molecule has 1 atom stereocenters. The lowest BCUT2D eigenvalue weighted by atomic mass is 9.95. The van der Waals surface area contributed by atoms with Crippen molar-refractivity contribution in [3.8, 4) is 5.75 Å². The summed E-state index contributed by atoms with van der Waals surface area (Å²) in [5.41, 5.74) is 0.733. The molecule has 0 spiro atoms. The molecule has 5 nitrogen and oxygen atoms in total. The third-order valence-electron chi connectivity index (χ3n) is 5.47. The van der Waals surface area contributed by atoms with Crippen LogP contribution in [-0.2, 0) is 10.2 Å². The summed E-state index contributed by atoms with van der Waals surface area (Å²) >= 11 is 0. The van der Waals surface area contributed by atoms with Crippen molar-refractivity contribution in [3.63, 3.8) is 0 Å². The van der Waals surface area contributed by atoms with E-state index in [0.717, 1.165) is 43.7 Å². The Hall–Kier alpha value is -1.59. The molecule has 1 aliphatic heterocycles. The third-order valence-corrected chi connectivity index (χ3v) is 5.47. The lowest BCUT2D eigenvalue weighted by Crippen LogP contribution is -2.46. The first kappa shape index (κ1) is 17.2. The Morgan fingerprint density at radius 1 is 1.33 bits per heavy atom. The Morgan fingerprint density at radius 3 is 2.71 bits per heavy atom. The number of likely N-dealkylation sites (tertiary alicyclic amines) is 1. The second kappa shape index (κ2) is 7.53. The van der Waals surface area contributed by atoms with Gasteiger partial charge in [0.2, 0.25) is 5.91 Å². The third kappa shape index (κ3) is 3.57. The summed E-state index contributed by atoms with van der Waals surface area (Å²) in [6.07, 6.45) is 5.25. The number of nitrogens with one attached hydrogen (secondary N) is 1. The van der Waals surface area contributed by atoms with Gasteiger partial charge in [0.05, 0.1) is 19.1 Å². The van der Waals surface area contributed by atoms with E-state index in [4.69, 9.17) is 4.74 Å². The molecule has 1 unspecified atom stereocenters. The Bertz CT molecular complexity index is 554. The van der Waals surface area contributed by atoms with Crippen molar-refractivity contribution in [1.29, 1.82) is 0 Å². The summed E-state index contributed by atoms with van der Waals surface area (Å²) in [7, 11) is 1.65. The summed E-state index contributed by atoms with van der Waals surface area (Å²) < 4.78 is 5.19. The van der Waals surface area contributed by atoms with Crippen molar-refractivity contribution in [3.05, 3.63) is 29.8 Å². The minimum atomic E-state index is -0.343. The number of rotatable bonds is 7. The van der Waals surface area contributed by atoms with Crippen LogP contribution in [0.25, 0.3) is 0 Å². The normalized spacial score (nSPS) is 22.8. The van der Waals surface area contributed by atoms with Crippen molar-refractivity contribution < 1.29 is 14.6 Å². The number of piperidine rings is 1. The van der Waals surface area contributed by atoms with Gasteiger partial charge in [0.15, 0.2) is 0 Å². The number of amides is 1. The lowest BCUT2D eigenvalue weighted by molar-refractivity contribution is -0.123. The zero-order chi connectivity index (χ0) is 17.0. The van der Waals surface area contributed by atoms with Crippen LogP contribution in [0.5, 0.6) is 5.75 Å². The molecule has 1 aromatic carbocycles. The van der Waals surface area contributed by atoms with Crippen LogP contribution in [0, 0.1) is 0 Å². The van der Waals surface area contributed by atoms with Gasteiger partial charge >= 0.3 is 0 Å². The maximum atomic E-state index is 12.7. The topological polar surface area (TPSA) is 61.8 Å². The van der Waals surface area contributed by atoms with E-state index in [1.54, 1.807) is 7.11 Å². The molecule has 2 aliphatic rings. The highest BCUT2D eigenvalue weighted by Gasteiger charge is 2.51. The molecule has 1 saturated carbocycles. The molecule has 0 bridgehead atoms. The van der Waals surface area contributed by atoms with Gasteiger partial charge in [0.25, 0.3) is 0 Å². The second-order valence-electron chi connectivity index (χ2n) is 6.93. The summed E-state index contributed by atoms with van der Waals surface area (Å²) in [5, 5.41) is 12.6. The summed E-state index contributed by atoms with van der Waals surface area (Å²) in [6, 6.07) is 8.09. The van der Waals surface area contributed by atoms with Crippen molar-refractivity contribution >= 4 is 5.91 Å². The molecule has 0 aromatic heterocycles. The number of hydrogen-bond acceptors (Lipinski definition) is 4. The van der Waals surface area contributed by atoms with E-state index in [0.29, 0.717) is 6.54 Å². The van der Waals surface area contributed by atoms with Gasteiger partial charge in [-0.05, 0) is 49.9 Å². The van der Waals surface area contributed by atoms with E-state index in [1.165, 1.54) is 12.8 Å². The maximum absolute atomic E-state index is 12.7. The number of aliphatic hydroxyl groups is 1. The fourth-order valence-electron chi connectivity index (χ4n) is 3.73. The molecule has 1 aromatic rings. The predicted octanol–water partition coefficient (Wildman–Crippen LogP) is 1.69. The molecule has 1 aliphatic carbocycles. The van der Waals surface area contributed by atoms with Crippen molar-refractivity contribution in [1.82, 2.24) is 10.2 Å². The maximum Gasteiger partial charge on any atom is 0.230 e. The molecule has 1 saturated heterocycles. The van der Waals surface area contributed by atoms with Crippen LogP contribution in [0.15, 0.2) is 24.3 Å². The van der Waals surface area contributed by atoms with E-state index in [9.17, 15) is 9.90 Å². The van der Waals surface area contributed by atoms with Crippen LogP contribution >= 0.6 is 0 Å². The minimum absolute atomic E-state index is 0.130. The number of nitrogens with zero attached hydrogens (tertiary/aromatic N) is 1. The average Bonchev–Trinajstić information content (AvgIpc) is 3.44. The first-order valence-corrected chi connectivity index (χ1v) is 8.97. The standard InChI is InChI=1S/C19H28N2O3/c1-24-17-7-5-15(6-8-17)19(9-10-19)18(23)20-11-13-21-12-3-2-4-16(21)14-22/h5-8,16,22H,2-4,9-14H2,1H3,(H,20,23). The highest BCUT2D eigenvalue weighted by Crippen LogP contribution is 2.48.